The van der Waals surface area contributed by atoms with E-state index in [1.165, 1.54) is 9.58 Å². The quantitative estimate of drug-likeness (QED) is 0.767. The molecular formula is C13H14ClN3O3. The van der Waals surface area contributed by atoms with Gasteiger partial charge < -0.3 is 14.5 Å². The molecule has 0 N–H and O–H groups in total. The number of carbonyl (C=O) groups excluding carboxylic acids is 1. The number of amides is 1. The summed E-state index contributed by atoms with van der Waals surface area (Å²) < 4.78 is 5.84. The lowest BCUT2D eigenvalue weighted by molar-refractivity contribution is -0.746. The van der Waals surface area contributed by atoms with Gasteiger partial charge in [-0.05, 0) is 17.7 Å². The Bertz CT molecular complexity index is 590. The van der Waals surface area contributed by atoms with E-state index in [2.05, 4.69) is 9.79 Å². The molecule has 0 spiro atoms. The van der Waals surface area contributed by atoms with Crippen molar-refractivity contribution >= 4 is 17.5 Å². The number of aromatic nitrogens is 2. The van der Waals surface area contributed by atoms with Crippen molar-refractivity contribution in [1.29, 1.82) is 0 Å². The second kappa shape index (κ2) is 5.92. The monoisotopic (exact) mass is 295 g/mol. The van der Waals surface area contributed by atoms with Gasteiger partial charge in [0.15, 0.2) is 13.0 Å². The fraction of sp³-hybridized carbons (Fsp3) is 0.308. The largest absolute Gasteiger partial charge is 0.539 e. The number of likely N-dealkylation sites (N-methyl/N-ethyl adjacent to an activating group) is 1. The van der Waals surface area contributed by atoms with Crippen molar-refractivity contribution in [3.05, 3.63) is 40.5 Å². The van der Waals surface area contributed by atoms with E-state index in [1.807, 2.05) is 0 Å². The van der Waals surface area contributed by atoms with Crippen molar-refractivity contribution in [2.75, 3.05) is 7.05 Å². The van der Waals surface area contributed by atoms with Crippen LogP contribution in [-0.4, -0.2) is 23.1 Å². The van der Waals surface area contributed by atoms with Gasteiger partial charge in [0.05, 0.1) is 11.7 Å². The molecule has 0 unspecified atom stereocenters. The molecule has 1 aromatic carbocycles. The first-order valence-corrected chi connectivity index (χ1v) is 6.35. The molecule has 7 heteroatoms. The van der Waals surface area contributed by atoms with Crippen LogP contribution in [0.3, 0.4) is 0 Å². The summed E-state index contributed by atoms with van der Waals surface area (Å²) in [4.78, 5) is 13.5. The molecule has 1 aromatic heterocycles. The molecule has 0 saturated heterocycles. The number of carbonyl (C=O) groups is 1. The second-order valence-corrected chi connectivity index (χ2v) is 4.92. The standard InChI is InChI=1S/C13H14ClN3O3/c1-16(8-11-13(19)20-15-17(11)2)12(18)7-9-3-5-10(14)6-4-9/h3-6H,7-8H2,1-2H3. The van der Waals surface area contributed by atoms with E-state index in [-0.39, 0.29) is 18.9 Å². The van der Waals surface area contributed by atoms with Crippen LogP contribution in [0, 0.1) is 0 Å². The van der Waals surface area contributed by atoms with Crippen molar-refractivity contribution in [2.45, 2.75) is 13.0 Å². The Hall–Kier alpha value is -2.08. The van der Waals surface area contributed by atoms with Gasteiger partial charge in [-0.3, -0.25) is 4.79 Å². The van der Waals surface area contributed by atoms with Crippen LogP contribution in [0.15, 0.2) is 28.8 Å². The molecule has 1 amide bonds. The summed E-state index contributed by atoms with van der Waals surface area (Å²) in [6.07, 6.45) is 0.247. The van der Waals surface area contributed by atoms with Crippen LogP contribution in [0.5, 0.6) is 5.95 Å². The highest BCUT2D eigenvalue weighted by Crippen LogP contribution is 2.12. The summed E-state index contributed by atoms with van der Waals surface area (Å²) in [5.41, 5.74) is 1.19. The Balaban J connectivity index is 2.00. The Labute approximate surface area is 121 Å². The minimum absolute atomic E-state index is 0.104. The van der Waals surface area contributed by atoms with E-state index < -0.39 is 5.95 Å². The van der Waals surface area contributed by atoms with Crippen LogP contribution in [0.1, 0.15) is 11.3 Å². The number of hydrogen-bond acceptors (Lipinski definition) is 4. The summed E-state index contributed by atoms with van der Waals surface area (Å²) >= 11 is 5.79. The molecule has 0 radical (unpaired) electrons. The molecule has 2 rings (SSSR count). The molecule has 20 heavy (non-hydrogen) atoms. The van der Waals surface area contributed by atoms with Crippen LogP contribution < -0.4 is 9.79 Å². The van der Waals surface area contributed by atoms with Gasteiger partial charge in [0.2, 0.25) is 5.91 Å². The maximum Gasteiger partial charge on any atom is 0.252 e. The zero-order valence-corrected chi connectivity index (χ0v) is 11.9. The molecule has 0 atom stereocenters. The smallest absolute Gasteiger partial charge is 0.252 e. The Kier molecular flexibility index (Phi) is 4.24. The number of aryl methyl sites for hydroxylation is 1. The molecular weight excluding hydrogens is 282 g/mol. The summed E-state index contributed by atoms with van der Waals surface area (Å²) in [5.74, 6) is -0.633. The van der Waals surface area contributed by atoms with Crippen molar-refractivity contribution in [3.63, 3.8) is 0 Å². The molecule has 6 nitrogen and oxygen atoms in total. The van der Waals surface area contributed by atoms with E-state index in [9.17, 15) is 9.90 Å². The third-order valence-electron chi connectivity index (χ3n) is 2.95. The molecule has 1 heterocycles. The molecule has 2 aromatic rings. The molecule has 0 bridgehead atoms. The first-order valence-electron chi connectivity index (χ1n) is 5.97. The number of rotatable bonds is 4. The molecule has 0 aliphatic heterocycles. The van der Waals surface area contributed by atoms with E-state index in [1.54, 1.807) is 38.4 Å². The average molecular weight is 296 g/mol. The molecule has 0 saturated carbocycles. The number of hydrogen-bond donors (Lipinski definition) is 0. The zero-order valence-electron chi connectivity index (χ0n) is 11.2. The van der Waals surface area contributed by atoms with Crippen molar-refractivity contribution in [2.24, 2.45) is 7.05 Å². The maximum atomic E-state index is 12.1. The third kappa shape index (κ3) is 3.27. The zero-order chi connectivity index (χ0) is 14.7. The summed E-state index contributed by atoms with van der Waals surface area (Å²) in [6, 6.07) is 7.07. The first-order chi connectivity index (χ1) is 9.47. The second-order valence-electron chi connectivity index (χ2n) is 4.48. The number of nitrogens with zero attached hydrogens (tertiary/aromatic N) is 3. The van der Waals surface area contributed by atoms with Crippen LogP contribution >= 0.6 is 11.6 Å². The Morgan fingerprint density at radius 1 is 1.45 bits per heavy atom. The predicted molar refractivity (Wildman–Crippen MR) is 68.8 cm³/mol. The Morgan fingerprint density at radius 2 is 2.10 bits per heavy atom. The summed E-state index contributed by atoms with van der Waals surface area (Å²) in [5, 5.41) is 15.5. The lowest BCUT2D eigenvalue weighted by Crippen LogP contribution is -2.39. The molecule has 0 aliphatic carbocycles. The van der Waals surface area contributed by atoms with Gasteiger partial charge in [0.25, 0.3) is 5.69 Å². The lowest BCUT2D eigenvalue weighted by atomic mass is 10.1. The number of benzene rings is 1. The van der Waals surface area contributed by atoms with Crippen molar-refractivity contribution < 1.29 is 19.1 Å². The van der Waals surface area contributed by atoms with E-state index in [4.69, 9.17) is 11.6 Å². The fourth-order valence-electron chi connectivity index (χ4n) is 1.72. The van der Waals surface area contributed by atoms with E-state index in [0.29, 0.717) is 10.7 Å². The lowest BCUT2D eigenvalue weighted by Gasteiger charge is -2.15. The molecule has 0 fully saturated rings. The van der Waals surface area contributed by atoms with E-state index >= 15 is 0 Å². The number of halogens is 1. The molecule has 106 valence electrons. The van der Waals surface area contributed by atoms with Gasteiger partial charge in [-0.25, -0.2) is 0 Å². The van der Waals surface area contributed by atoms with Gasteiger partial charge in [0.1, 0.15) is 6.54 Å². The van der Waals surface area contributed by atoms with Crippen molar-refractivity contribution in [1.82, 2.24) is 10.2 Å². The SMILES string of the molecule is CN(Cc1c([O-])on[n+]1C)C(=O)Cc1ccc(Cl)cc1. The van der Waals surface area contributed by atoms with Crippen LogP contribution in [0.4, 0.5) is 0 Å². The highest BCUT2D eigenvalue weighted by atomic mass is 35.5. The fourth-order valence-corrected chi connectivity index (χ4v) is 1.85. The topological polar surface area (TPSA) is 73.3 Å². The summed E-state index contributed by atoms with van der Waals surface area (Å²) in [7, 11) is 3.22. The van der Waals surface area contributed by atoms with Gasteiger partial charge in [0, 0.05) is 12.1 Å². The maximum absolute atomic E-state index is 12.1. The van der Waals surface area contributed by atoms with Crippen LogP contribution in [0.25, 0.3) is 0 Å². The minimum atomic E-state index is -0.529. The summed E-state index contributed by atoms with van der Waals surface area (Å²) in [6.45, 7) is 0.158. The van der Waals surface area contributed by atoms with Crippen LogP contribution in [-0.2, 0) is 24.8 Å². The Morgan fingerprint density at radius 3 is 2.65 bits per heavy atom. The predicted octanol–water partition coefficient (Wildman–Crippen LogP) is 0.427. The van der Waals surface area contributed by atoms with Crippen LogP contribution in [0.2, 0.25) is 5.02 Å². The highest BCUT2D eigenvalue weighted by molar-refractivity contribution is 6.30. The van der Waals surface area contributed by atoms with Crippen molar-refractivity contribution in [3.8, 4) is 5.95 Å². The molecule has 0 aliphatic rings. The minimum Gasteiger partial charge on any atom is -0.539 e. The van der Waals surface area contributed by atoms with Gasteiger partial charge in [-0.2, -0.15) is 0 Å². The van der Waals surface area contributed by atoms with Gasteiger partial charge in [-0.1, -0.05) is 28.4 Å². The average Bonchev–Trinajstić information content (AvgIpc) is 2.73. The first kappa shape index (κ1) is 14.3. The van der Waals surface area contributed by atoms with Gasteiger partial charge >= 0.3 is 0 Å². The third-order valence-corrected chi connectivity index (χ3v) is 3.21. The highest BCUT2D eigenvalue weighted by Gasteiger charge is 2.19. The van der Waals surface area contributed by atoms with Gasteiger partial charge in [-0.15, -0.1) is 0 Å². The normalized spacial score (nSPS) is 10.6. The van der Waals surface area contributed by atoms with E-state index in [0.717, 1.165) is 5.56 Å².